The number of hydrogen-bond donors (Lipinski definition) is 2. The van der Waals surface area contributed by atoms with Crippen LogP contribution in [0.25, 0.3) is 0 Å². The van der Waals surface area contributed by atoms with Gasteiger partial charge in [0.25, 0.3) is 5.91 Å². The number of carbonyl (C=O) groups is 2. The second-order valence-electron chi connectivity index (χ2n) is 4.94. The van der Waals surface area contributed by atoms with Gasteiger partial charge in [-0.15, -0.1) is 0 Å². The predicted octanol–water partition coefficient (Wildman–Crippen LogP) is 0.780. The second-order valence-corrected chi connectivity index (χ2v) is 8.06. The zero-order valence-electron chi connectivity index (χ0n) is 11.3. The van der Waals surface area contributed by atoms with Gasteiger partial charge in [0, 0.05) is 17.6 Å². The fraction of sp³-hybridized carbons (Fsp3) is 0.385. The average molecular weight is 329 g/mol. The van der Waals surface area contributed by atoms with E-state index in [4.69, 9.17) is 0 Å². The number of aliphatic carboxylic acids is 1. The number of carboxylic acid groups (broad SMARTS) is 1. The number of thioether (sulfide) groups is 1. The van der Waals surface area contributed by atoms with Crippen LogP contribution < -0.4 is 5.32 Å². The highest BCUT2D eigenvalue weighted by Gasteiger charge is 2.43. The van der Waals surface area contributed by atoms with Gasteiger partial charge >= 0.3 is 5.97 Å². The Hall–Kier alpha value is -1.54. The van der Waals surface area contributed by atoms with Crippen LogP contribution in [0.4, 0.5) is 0 Å². The average Bonchev–Trinajstić information content (AvgIpc) is 2.88. The van der Waals surface area contributed by atoms with Crippen LogP contribution in [0.5, 0.6) is 0 Å². The first-order chi connectivity index (χ1) is 9.74. The van der Waals surface area contributed by atoms with Crippen molar-refractivity contribution >= 4 is 33.5 Å². The number of rotatable bonds is 4. The van der Waals surface area contributed by atoms with Crippen LogP contribution in [0.1, 0.15) is 16.8 Å². The third kappa shape index (κ3) is 3.38. The van der Waals surface area contributed by atoms with Gasteiger partial charge in [0.2, 0.25) is 0 Å². The Morgan fingerprint density at radius 1 is 1.29 bits per heavy atom. The maximum absolute atomic E-state index is 12.1. The molecule has 0 bridgehead atoms. The third-order valence-corrected chi connectivity index (χ3v) is 5.65. The maximum atomic E-state index is 12.1. The summed E-state index contributed by atoms with van der Waals surface area (Å²) in [7, 11) is -3.32. The largest absolute Gasteiger partial charge is 0.479 e. The third-order valence-electron chi connectivity index (χ3n) is 3.33. The fourth-order valence-electron chi connectivity index (χ4n) is 2.03. The van der Waals surface area contributed by atoms with E-state index in [1.165, 1.54) is 36.0 Å². The van der Waals surface area contributed by atoms with Crippen LogP contribution in [0, 0.1) is 0 Å². The van der Waals surface area contributed by atoms with Gasteiger partial charge in [-0.2, -0.15) is 11.8 Å². The molecule has 1 atom stereocenters. The molecule has 1 amide bonds. The van der Waals surface area contributed by atoms with E-state index in [1.807, 2.05) is 0 Å². The molecule has 0 spiro atoms. The molecule has 1 aromatic carbocycles. The SMILES string of the molecule is CS(=O)(=O)c1ccc(C(=O)NC2(C(=O)O)CCSC2)cc1. The van der Waals surface area contributed by atoms with Crippen LogP contribution in [-0.2, 0) is 14.6 Å². The van der Waals surface area contributed by atoms with Gasteiger partial charge in [-0.3, -0.25) is 4.79 Å². The number of nitrogens with one attached hydrogen (secondary N) is 1. The molecule has 2 N–H and O–H groups in total. The van der Waals surface area contributed by atoms with E-state index in [9.17, 15) is 23.1 Å². The summed E-state index contributed by atoms with van der Waals surface area (Å²) in [6, 6.07) is 5.43. The van der Waals surface area contributed by atoms with E-state index < -0.39 is 27.3 Å². The lowest BCUT2D eigenvalue weighted by Crippen LogP contribution is -2.54. The highest BCUT2D eigenvalue weighted by Crippen LogP contribution is 2.28. The highest BCUT2D eigenvalue weighted by atomic mass is 32.2. The van der Waals surface area contributed by atoms with Crippen molar-refractivity contribution in [2.75, 3.05) is 17.8 Å². The monoisotopic (exact) mass is 329 g/mol. The maximum Gasteiger partial charge on any atom is 0.330 e. The van der Waals surface area contributed by atoms with Crippen molar-refractivity contribution in [3.63, 3.8) is 0 Å². The zero-order valence-corrected chi connectivity index (χ0v) is 13.0. The Bertz CT molecular complexity index is 660. The van der Waals surface area contributed by atoms with Crippen molar-refractivity contribution in [2.24, 2.45) is 0 Å². The lowest BCUT2D eigenvalue weighted by atomic mass is 9.98. The summed E-state index contributed by atoms with van der Waals surface area (Å²) in [6.45, 7) is 0. The molecule has 0 aliphatic carbocycles. The molecule has 0 radical (unpaired) electrons. The molecule has 0 saturated carbocycles. The lowest BCUT2D eigenvalue weighted by molar-refractivity contribution is -0.143. The molecular weight excluding hydrogens is 314 g/mol. The molecule has 6 nitrogen and oxygen atoms in total. The van der Waals surface area contributed by atoms with Crippen LogP contribution in [0.15, 0.2) is 29.2 Å². The number of hydrogen-bond acceptors (Lipinski definition) is 5. The van der Waals surface area contributed by atoms with Crippen LogP contribution in [0.2, 0.25) is 0 Å². The van der Waals surface area contributed by atoms with Crippen molar-refractivity contribution in [3.8, 4) is 0 Å². The van der Waals surface area contributed by atoms with Gasteiger partial charge in [-0.05, 0) is 36.4 Å². The van der Waals surface area contributed by atoms with Gasteiger partial charge in [0.1, 0.15) is 5.54 Å². The van der Waals surface area contributed by atoms with Crippen molar-refractivity contribution in [1.82, 2.24) is 5.32 Å². The summed E-state index contributed by atoms with van der Waals surface area (Å²) >= 11 is 1.48. The molecule has 114 valence electrons. The molecule has 1 fully saturated rings. The van der Waals surface area contributed by atoms with Crippen LogP contribution in [0.3, 0.4) is 0 Å². The topological polar surface area (TPSA) is 101 Å². The number of amides is 1. The number of benzene rings is 1. The van der Waals surface area contributed by atoms with Gasteiger partial charge in [0.05, 0.1) is 4.90 Å². The van der Waals surface area contributed by atoms with Crippen molar-refractivity contribution in [2.45, 2.75) is 16.9 Å². The first-order valence-electron chi connectivity index (χ1n) is 6.18. The predicted molar refractivity (Wildman–Crippen MR) is 79.3 cm³/mol. The molecule has 1 aliphatic heterocycles. The summed E-state index contributed by atoms with van der Waals surface area (Å²) in [5, 5.41) is 11.9. The highest BCUT2D eigenvalue weighted by molar-refractivity contribution is 7.99. The Morgan fingerprint density at radius 2 is 1.90 bits per heavy atom. The summed E-state index contributed by atoms with van der Waals surface area (Å²) in [5.41, 5.74) is -1.00. The van der Waals surface area contributed by atoms with Gasteiger partial charge in [-0.25, -0.2) is 13.2 Å². The van der Waals surface area contributed by atoms with Crippen molar-refractivity contribution in [1.29, 1.82) is 0 Å². The molecule has 1 unspecified atom stereocenters. The standard InChI is InChI=1S/C13H15NO5S2/c1-21(18,19)10-4-2-9(3-5-10)11(15)14-13(12(16)17)6-7-20-8-13/h2-5H,6-8H2,1H3,(H,14,15)(H,16,17). The first-order valence-corrected chi connectivity index (χ1v) is 9.23. The van der Waals surface area contributed by atoms with Crippen LogP contribution >= 0.6 is 11.8 Å². The summed E-state index contributed by atoms with van der Waals surface area (Å²) in [5.74, 6) is -0.553. The normalized spacial score (nSPS) is 22.0. The number of sulfone groups is 1. The minimum atomic E-state index is -3.32. The molecule has 1 saturated heterocycles. The van der Waals surface area contributed by atoms with Crippen molar-refractivity contribution < 1.29 is 23.1 Å². The van der Waals surface area contributed by atoms with E-state index in [1.54, 1.807) is 0 Å². The van der Waals surface area contributed by atoms with Crippen LogP contribution in [-0.4, -0.2) is 48.7 Å². The first kappa shape index (κ1) is 15.8. The Labute approximate surface area is 126 Å². The molecule has 1 aromatic rings. The van der Waals surface area contributed by atoms with Gasteiger partial charge in [-0.1, -0.05) is 0 Å². The van der Waals surface area contributed by atoms with Crippen molar-refractivity contribution in [3.05, 3.63) is 29.8 Å². The molecule has 0 aromatic heterocycles. The minimum absolute atomic E-state index is 0.114. The molecule has 1 heterocycles. The molecule has 2 rings (SSSR count). The summed E-state index contributed by atoms with van der Waals surface area (Å²) in [6.07, 6.45) is 1.46. The molecule has 1 aliphatic rings. The second kappa shape index (κ2) is 5.69. The van der Waals surface area contributed by atoms with E-state index in [2.05, 4.69) is 5.32 Å². The lowest BCUT2D eigenvalue weighted by Gasteiger charge is -2.24. The zero-order chi connectivity index (χ0) is 15.7. The number of carboxylic acids is 1. The van der Waals surface area contributed by atoms with Gasteiger partial charge < -0.3 is 10.4 Å². The van der Waals surface area contributed by atoms with E-state index in [0.29, 0.717) is 17.9 Å². The Kier molecular flexibility index (Phi) is 4.29. The Balaban J connectivity index is 2.19. The molecule has 8 heteroatoms. The minimum Gasteiger partial charge on any atom is -0.479 e. The van der Waals surface area contributed by atoms with E-state index in [0.717, 1.165) is 6.26 Å². The van der Waals surface area contributed by atoms with Gasteiger partial charge in [0.15, 0.2) is 9.84 Å². The van der Waals surface area contributed by atoms with E-state index in [-0.39, 0.29) is 10.5 Å². The Morgan fingerprint density at radius 3 is 2.33 bits per heavy atom. The quantitative estimate of drug-likeness (QED) is 0.847. The smallest absolute Gasteiger partial charge is 0.330 e. The summed E-state index contributed by atoms with van der Waals surface area (Å²) < 4.78 is 22.7. The summed E-state index contributed by atoms with van der Waals surface area (Å²) in [4.78, 5) is 23.6. The molecule has 21 heavy (non-hydrogen) atoms. The fourth-order valence-corrected chi connectivity index (χ4v) is 3.98. The number of carbonyl (C=O) groups excluding carboxylic acids is 1. The molecular formula is C13H15NO5S2. The van der Waals surface area contributed by atoms with E-state index >= 15 is 0 Å².